The van der Waals surface area contributed by atoms with Crippen LogP contribution >= 0.6 is 0 Å². The summed E-state index contributed by atoms with van der Waals surface area (Å²) in [4.78, 5) is 24.8. The van der Waals surface area contributed by atoms with Crippen LogP contribution in [-0.4, -0.2) is 66.1 Å². The SMILES string of the molecule is CC1OCCC1(C)NC(=O)N1CCOCC1CC(=O)O. The quantitative estimate of drug-likeness (QED) is 0.786. The van der Waals surface area contributed by atoms with Gasteiger partial charge in [0.05, 0.1) is 37.3 Å². The molecule has 0 aliphatic carbocycles. The molecule has 2 aliphatic heterocycles. The number of amides is 2. The molecule has 2 aliphatic rings. The molecule has 2 rings (SSSR count). The molecule has 0 aromatic carbocycles. The highest BCUT2D eigenvalue weighted by Gasteiger charge is 2.40. The van der Waals surface area contributed by atoms with E-state index in [1.54, 1.807) is 4.90 Å². The number of carbonyl (C=O) groups is 2. The first kappa shape index (κ1) is 15.1. The van der Waals surface area contributed by atoms with Crippen LogP contribution in [0.3, 0.4) is 0 Å². The second-order valence-electron chi connectivity index (χ2n) is 5.63. The fourth-order valence-corrected chi connectivity index (χ4v) is 2.61. The number of carboxylic acid groups (broad SMARTS) is 1. The van der Waals surface area contributed by atoms with Crippen molar-refractivity contribution >= 4 is 12.0 Å². The summed E-state index contributed by atoms with van der Waals surface area (Å²) >= 11 is 0. The summed E-state index contributed by atoms with van der Waals surface area (Å²) in [5.74, 6) is -0.929. The molecule has 3 atom stereocenters. The van der Waals surface area contributed by atoms with Gasteiger partial charge in [0.2, 0.25) is 0 Å². The van der Waals surface area contributed by atoms with E-state index in [9.17, 15) is 9.59 Å². The summed E-state index contributed by atoms with van der Waals surface area (Å²) < 4.78 is 10.8. The monoisotopic (exact) mass is 286 g/mol. The summed E-state index contributed by atoms with van der Waals surface area (Å²) in [7, 11) is 0. The van der Waals surface area contributed by atoms with Crippen molar-refractivity contribution in [3.63, 3.8) is 0 Å². The maximum atomic E-state index is 12.4. The van der Waals surface area contributed by atoms with Crippen LogP contribution < -0.4 is 5.32 Å². The van der Waals surface area contributed by atoms with Crippen molar-refractivity contribution in [2.45, 2.75) is 44.4 Å². The van der Waals surface area contributed by atoms with Crippen molar-refractivity contribution < 1.29 is 24.2 Å². The van der Waals surface area contributed by atoms with Crippen LogP contribution in [0.15, 0.2) is 0 Å². The van der Waals surface area contributed by atoms with E-state index >= 15 is 0 Å². The lowest BCUT2D eigenvalue weighted by Crippen LogP contribution is -2.59. The van der Waals surface area contributed by atoms with Crippen molar-refractivity contribution in [3.05, 3.63) is 0 Å². The molecule has 0 spiro atoms. The number of carboxylic acids is 1. The molecule has 2 N–H and O–H groups in total. The Labute approximate surface area is 118 Å². The average molecular weight is 286 g/mol. The third kappa shape index (κ3) is 3.21. The molecule has 2 amide bonds. The smallest absolute Gasteiger partial charge is 0.318 e. The first-order chi connectivity index (χ1) is 9.42. The zero-order valence-corrected chi connectivity index (χ0v) is 11.9. The summed E-state index contributed by atoms with van der Waals surface area (Å²) in [6, 6.07) is -0.651. The van der Waals surface area contributed by atoms with Crippen LogP contribution in [0.4, 0.5) is 4.79 Å². The Morgan fingerprint density at radius 3 is 2.80 bits per heavy atom. The van der Waals surface area contributed by atoms with Gasteiger partial charge in [-0.15, -0.1) is 0 Å². The van der Waals surface area contributed by atoms with Gasteiger partial charge < -0.3 is 24.8 Å². The Hall–Kier alpha value is -1.34. The number of ether oxygens (including phenoxy) is 2. The van der Waals surface area contributed by atoms with Gasteiger partial charge >= 0.3 is 12.0 Å². The summed E-state index contributed by atoms with van der Waals surface area (Å²) in [5, 5.41) is 11.9. The van der Waals surface area contributed by atoms with Crippen molar-refractivity contribution in [2.75, 3.05) is 26.4 Å². The van der Waals surface area contributed by atoms with Crippen LogP contribution in [-0.2, 0) is 14.3 Å². The van der Waals surface area contributed by atoms with E-state index in [4.69, 9.17) is 14.6 Å². The number of nitrogens with zero attached hydrogens (tertiary/aromatic N) is 1. The molecular formula is C13H22N2O5. The van der Waals surface area contributed by atoms with E-state index in [-0.39, 0.29) is 25.2 Å². The minimum Gasteiger partial charge on any atom is -0.481 e. The largest absolute Gasteiger partial charge is 0.481 e. The number of aliphatic carboxylic acids is 1. The molecule has 0 radical (unpaired) electrons. The molecule has 7 nitrogen and oxygen atoms in total. The maximum absolute atomic E-state index is 12.4. The average Bonchev–Trinajstić information content (AvgIpc) is 2.69. The van der Waals surface area contributed by atoms with Crippen molar-refractivity contribution in [2.24, 2.45) is 0 Å². The molecule has 2 fully saturated rings. The minimum atomic E-state index is -0.929. The van der Waals surface area contributed by atoms with Gasteiger partial charge in [0.15, 0.2) is 0 Å². The summed E-state index contributed by atoms with van der Waals surface area (Å²) in [6.07, 6.45) is 0.606. The number of hydrogen-bond acceptors (Lipinski definition) is 4. The normalized spacial score (nSPS) is 34.0. The molecule has 0 aromatic rings. The molecule has 114 valence electrons. The van der Waals surface area contributed by atoms with Gasteiger partial charge in [-0.1, -0.05) is 0 Å². The van der Waals surface area contributed by atoms with E-state index < -0.39 is 17.6 Å². The van der Waals surface area contributed by atoms with E-state index in [0.29, 0.717) is 19.8 Å². The van der Waals surface area contributed by atoms with Gasteiger partial charge in [-0.2, -0.15) is 0 Å². The summed E-state index contributed by atoms with van der Waals surface area (Å²) in [6.45, 7) is 5.63. The van der Waals surface area contributed by atoms with Crippen LogP contribution in [0.1, 0.15) is 26.7 Å². The Morgan fingerprint density at radius 2 is 2.20 bits per heavy atom. The van der Waals surface area contributed by atoms with Gasteiger partial charge in [-0.3, -0.25) is 4.79 Å². The van der Waals surface area contributed by atoms with E-state index in [1.165, 1.54) is 0 Å². The highest BCUT2D eigenvalue weighted by atomic mass is 16.5. The summed E-state index contributed by atoms with van der Waals surface area (Å²) in [5.41, 5.74) is -0.400. The zero-order valence-electron chi connectivity index (χ0n) is 11.9. The number of carbonyl (C=O) groups excluding carboxylic acids is 1. The van der Waals surface area contributed by atoms with Crippen molar-refractivity contribution in [1.29, 1.82) is 0 Å². The number of nitrogens with one attached hydrogen (secondary N) is 1. The van der Waals surface area contributed by atoms with Crippen LogP contribution in [0.25, 0.3) is 0 Å². The van der Waals surface area contributed by atoms with Gasteiger partial charge in [0.25, 0.3) is 0 Å². The molecule has 2 saturated heterocycles. The number of urea groups is 1. The first-order valence-corrected chi connectivity index (χ1v) is 6.92. The lowest BCUT2D eigenvalue weighted by molar-refractivity contribution is -0.139. The minimum absolute atomic E-state index is 0.0505. The lowest BCUT2D eigenvalue weighted by Gasteiger charge is -2.38. The predicted molar refractivity (Wildman–Crippen MR) is 70.5 cm³/mol. The van der Waals surface area contributed by atoms with Crippen molar-refractivity contribution in [3.8, 4) is 0 Å². The molecule has 7 heteroatoms. The standard InChI is InChI=1S/C13H22N2O5/c1-9-13(2,3-5-20-9)14-12(18)15-4-6-19-8-10(15)7-11(16)17/h9-10H,3-8H2,1-2H3,(H,14,18)(H,16,17). The fourth-order valence-electron chi connectivity index (χ4n) is 2.61. The van der Waals surface area contributed by atoms with Gasteiger partial charge in [0.1, 0.15) is 0 Å². The third-order valence-corrected chi connectivity index (χ3v) is 4.18. The molecular weight excluding hydrogens is 264 g/mol. The highest BCUT2D eigenvalue weighted by Crippen LogP contribution is 2.25. The van der Waals surface area contributed by atoms with E-state index in [0.717, 1.165) is 6.42 Å². The molecule has 3 unspecified atom stereocenters. The van der Waals surface area contributed by atoms with Gasteiger partial charge in [-0.25, -0.2) is 4.79 Å². The molecule has 0 saturated carbocycles. The number of morpholine rings is 1. The first-order valence-electron chi connectivity index (χ1n) is 6.92. The van der Waals surface area contributed by atoms with E-state index in [1.807, 2.05) is 13.8 Å². The lowest BCUT2D eigenvalue weighted by atomic mass is 9.95. The second-order valence-corrected chi connectivity index (χ2v) is 5.63. The molecule has 0 aromatic heterocycles. The molecule has 0 bridgehead atoms. The number of hydrogen-bond donors (Lipinski definition) is 2. The Morgan fingerprint density at radius 1 is 1.45 bits per heavy atom. The number of rotatable bonds is 3. The van der Waals surface area contributed by atoms with Gasteiger partial charge in [0, 0.05) is 13.2 Å². The Balaban J connectivity index is 2.00. The second kappa shape index (κ2) is 5.97. The predicted octanol–water partition coefficient (Wildman–Crippen LogP) is 0.439. The Bertz CT molecular complexity index is 389. The maximum Gasteiger partial charge on any atom is 0.318 e. The highest BCUT2D eigenvalue weighted by molar-refractivity contribution is 5.77. The van der Waals surface area contributed by atoms with Crippen LogP contribution in [0.5, 0.6) is 0 Å². The van der Waals surface area contributed by atoms with Gasteiger partial charge in [-0.05, 0) is 20.3 Å². The topological polar surface area (TPSA) is 88.1 Å². The Kier molecular flexibility index (Phi) is 4.49. The van der Waals surface area contributed by atoms with Crippen molar-refractivity contribution in [1.82, 2.24) is 10.2 Å². The molecule has 2 heterocycles. The van der Waals surface area contributed by atoms with Crippen LogP contribution in [0.2, 0.25) is 0 Å². The van der Waals surface area contributed by atoms with Crippen LogP contribution in [0, 0.1) is 0 Å². The fraction of sp³-hybridized carbons (Fsp3) is 0.846. The van der Waals surface area contributed by atoms with E-state index in [2.05, 4.69) is 5.32 Å². The molecule has 20 heavy (non-hydrogen) atoms. The zero-order chi connectivity index (χ0) is 14.8. The third-order valence-electron chi connectivity index (χ3n) is 4.18.